The number of nitrogens with one attached hydrogen (secondary N) is 1. The highest BCUT2D eigenvalue weighted by atomic mass is 16.3. The predicted molar refractivity (Wildman–Crippen MR) is 74.8 cm³/mol. The summed E-state index contributed by atoms with van der Waals surface area (Å²) in [6.07, 6.45) is 2.81. The molecule has 1 aromatic rings. The molecule has 2 N–H and O–H groups in total. The molecule has 0 bridgehead atoms. The van der Waals surface area contributed by atoms with Crippen molar-refractivity contribution >= 4 is 0 Å². The fourth-order valence-corrected chi connectivity index (χ4v) is 2.57. The number of phenolic OH excluding ortho intramolecular Hbond substituents is 1. The average Bonchev–Trinajstić information content (AvgIpc) is 2.41. The van der Waals surface area contributed by atoms with Gasteiger partial charge in [-0.05, 0) is 18.9 Å². The molecule has 0 unspecified atom stereocenters. The molecule has 18 heavy (non-hydrogen) atoms. The maximum atomic E-state index is 10.2. The van der Waals surface area contributed by atoms with E-state index in [0.29, 0.717) is 5.75 Å². The molecule has 0 aromatic heterocycles. The highest BCUT2D eigenvalue weighted by molar-refractivity contribution is 5.41. The van der Waals surface area contributed by atoms with E-state index in [1.54, 1.807) is 0 Å². The molecule has 1 saturated heterocycles. The third kappa shape index (κ3) is 2.74. The number of aromatic hydroxyl groups is 1. The first-order valence-electron chi connectivity index (χ1n) is 6.58. The van der Waals surface area contributed by atoms with Crippen LogP contribution in [0.4, 0.5) is 0 Å². The van der Waals surface area contributed by atoms with Gasteiger partial charge in [0.25, 0.3) is 0 Å². The normalized spacial score (nSPS) is 18.5. The second-order valence-electron chi connectivity index (χ2n) is 4.84. The lowest BCUT2D eigenvalue weighted by atomic mass is 9.98. The molecule has 2 rings (SSSR count). The number of hydrogen-bond acceptors (Lipinski definition) is 3. The predicted octanol–water partition coefficient (Wildman–Crippen LogP) is 2.22. The van der Waals surface area contributed by atoms with Gasteiger partial charge in [-0.2, -0.15) is 0 Å². The monoisotopic (exact) mass is 246 g/mol. The van der Waals surface area contributed by atoms with Gasteiger partial charge in [-0.25, -0.2) is 0 Å². The van der Waals surface area contributed by atoms with E-state index in [1.807, 2.05) is 31.2 Å². The minimum atomic E-state index is 0.240. The molecule has 3 heteroatoms. The number of hydrogen-bond donors (Lipinski definition) is 2. The summed E-state index contributed by atoms with van der Waals surface area (Å²) in [4.78, 5) is 2.42. The van der Waals surface area contributed by atoms with E-state index in [2.05, 4.69) is 16.8 Å². The molecule has 1 aliphatic rings. The summed E-state index contributed by atoms with van der Waals surface area (Å²) in [5, 5.41) is 13.6. The zero-order valence-corrected chi connectivity index (χ0v) is 11.0. The van der Waals surface area contributed by atoms with Crippen LogP contribution < -0.4 is 5.32 Å². The van der Waals surface area contributed by atoms with E-state index in [-0.39, 0.29) is 6.04 Å². The van der Waals surface area contributed by atoms with Crippen molar-refractivity contribution in [3.8, 4) is 5.75 Å². The summed E-state index contributed by atoms with van der Waals surface area (Å²) in [5.41, 5.74) is 1.97. The van der Waals surface area contributed by atoms with Gasteiger partial charge >= 0.3 is 0 Å². The molecule has 0 spiro atoms. The van der Waals surface area contributed by atoms with Crippen molar-refractivity contribution in [1.29, 1.82) is 0 Å². The molecule has 1 aromatic carbocycles. The molecule has 0 saturated carbocycles. The van der Waals surface area contributed by atoms with E-state index < -0.39 is 0 Å². The van der Waals surface area contributed by atoms with Crippen LogP contribution >= 0.6 is 0 Å². The van der Waals surface area contributed by atoms with Gasteiger partial charge in [-0.3, -0.25) is 4.90 Å². The number of phenols is 1. The first kappa shape index (κ1) is 13.1. The zero-order chi connectivity index (χ0) is 13.0. The maximum Gasteiger partial charge on any atom is 0.123 e. The van der Waals surface area contributed by atoms with E-state index >= 15 is 0 Å². The van der Waals surface area contributed by atoms with Crippen molar-refractivity contribution in [2.75, 3.05) is 26.2 Å². The summed E-state index contributed by atoms with van der Waals surface area (Å²) in [7, 11) is 0. The Bertz CT molecular complexity index is 411. The van der Waals surface area contributed by atoms with Crippen LogP contribution in [-0.2, 0) is 0 Å². The molecule has 1 heterocycles. The Labute approximate surface area is 109 Å². The molecular weight excluding hydrogens is 224 g/mol. The van der Waals surface area contributed by atoms with E-state index in [4.69, 9.17) is 0 Å². The summed E-state index contributed by atoms with van der Waals surface area (Å²) in [5.74, 6) is 0.433. The van der Waals surface area contributed by atoms with Crippen molar-refractivity contribution in [3.63, 3.8) is 0 Å². The van der Waals surface area contributed by atoms with Crippen molar-refractivity contribution in [3.05, 3.63) is 42.0 Å². The van der Waals surface area contributed by atoms with Crippen molar-refractivity contribution < 1.29 is 5.11 Å². The summed E-state index contributed by atoms with van der Waals surface area (Å²) >= 11 is 0. The highest BCUT2D eigenvalue weighted by Crippen LogP contribution is 2.33. The number of benzene rings is 1. The molecule has 0 aliphatic carbocycles. The number of rotatable bonds is 4. The lowest BCUT2D eigenvalue weighted by Crippen LogP contribution is -2.45. The van der Waals surface area contributed by atoms with Crippen LogP contribution in [0.5, 0.6) is 5.75 Å². The minimum Gasteiger partial charge on any atom is -0.507 e. The number of aryl methyl sites for hydroxylation is 1. The van der Waals surface area contributed by atoms with Crippen LogP contribution in [0, 0.1) is 6.92 Å². The number of nitrogens with zero attached hydrogens (tertiary/aromatic N) is 1. The van der Waals surface area contributed by atoms with Gasteiger partial charge in [0.1, 0.15) is 5.75 Å². The molecule has 1 atom stereocenters. The van der Waals surface area contributed by atoms with Crippen LogP contribution in [0.1, 0.15) is 23.6 Å². The summed E-state index contributed by atoms with van der Waals surface area (Å²) < 4.78 is 0. The SMILES string of the molecule is C=CC[C@H](c1cccc(C)c1O)N1CCNCC1. The van der Waals surface area contributed by atoms with Crippen molar-refractivity contribution in [1.82, 2.24) is 10.2 Å². The summed E-state index contributed by atoms with van der Waals surface area (Å²) in [6, 6.07) is 6.23. The number of para-hydroxylation sites is 1. The van der Waals surface area contributed by atoms with Crippen molar-refractivity contribution in [2.24, 2.45) is 0 Å². The first-order chi connectivity index (χ1) is 8.74. The Kier molecular flexibility index (Phi) is 4.39. The van der Waals surface area contributed by atoms with Gasteiger partial charge in [-0.1, -0.05) is 24.3 Å². The van der Waals surface area contributed by atoms with Crippen LogP contribution in [-0.4, -0.2) is 36.2 Å². The van der Waals surface area contributed by atoms with Gasteiger partial charge in [-0.15, -0.1) is 6.58 Å². The van der Waals surface area contributed by atoms with Crippen LogP contribution in [0.3, 0.4) is 0 Å². The maximum absolute atomic E-state index is 10.2. The molecule has 0 radical (unpaired) electrons. The van der Waals surface area contributed by atoms with Crippen LogP contribution in [0.2, 0.25) is 0 Å². The van der Waals surface area contributed by atoms with E-state index in [1.165, 1.54) is 0 Å². The van der Waals surface area contributed by atoms with E-state index in [0.717, 1.165) is 43.7 Å². The fourth-order valence-electron chi connectivity index (χ4n) is 2.57. The topological polar surface area (TPSA) is 35.5 Å². The van der Waals surface area contributed by atoms with Crippen LogP contribution in [0.15, 0.2) is 30.9 Å². The second-order valence-corrected chi connectivity index (χ2v) is 4.84. The Morgan fingerprint density at radius 2 is 2.17 bits per heavy atom. The quantitative estimate of drug-likeness (QED) is 0.800. The van der Waals surface area contributed by atoms with Crippen molar-refractivity contribution in [2.45, 2.75) is 19.4 Å². The zero-order valence-electron chi connectivity index (χ0n) is 11.0. The lowest BCUT2D eigenvalue weighted by molar-refractivity contribution is 0.172. The fraction of sp³-hybridized carbons (Fsp3) is 0.467. The van der Waals surface area contributed by atoms with Crippen LogP contribution in [0.25, 0.3) is 0 Å². The molecule has 3 nitrogen and oxygen atoms in total. The molecular formula is C15H22N2O. The van der Waals surface area contributed by atoms with Gasteiger partial charge in [0.2, 0.25) is 0 Å². The van der Waals surface area contributed by atoms with Gasteiger partial charge in [0.05, 0.1) is 0 Å². The standard InChI is InChI=1S/C15H22N2O/c1-3-5-14(17-10-8-16-9-11-17)13-7-4-6-12(2)15(13)18/h3-4,6-7,14,16,18H,1,5,8-11H2,2H3/t14-/m1/s1. The largest absolute Gasteiger partial charge is 0.507 e. The highest BCUT2D eigenvalue weighted by Gasteiger charge is 2.23. The lowest BCUT2D eigenvalue weighted by Gasteiger charge is -2.35. The van der Waals surface area contributed by atoms with Gasteiger partial charge in [0.15, 0.2) is 0 Å². The Hall–Kier alpha value is -1.32. The minimum absolute atomic E-state index is 0.240. The Morgan fingerprint density at radius 1 is 1.44 bits per heavy atom. The van der Waals surface area contributed by atoms with Gasteiger partial charge < -0.3 is 10.4 Å². The Morgan fingerprint density at radius 3 is 2.83 bits per heavy atom. The first-order valence-corrected chi connectivity index (χ1v) is 6.58. The van der Waals surface area contributed by atoms with Gasteiger partial charge in [0, 0.05) is 37.8 Å². The molecule has 0 amide bonds. The summed E-state index contributed by atoms with van der Waals surface area (Å²) in [6.45, 7) is 9.86. The molecule has 98 valence electrons. The third-order valence-electron chi connectivity index (χ3n) is 3.61. The number of piperazine rings is 1. The smallest absolute Gasteiger partial charge is 0.123 e. The third-order valence-corrected chi connectivity index (χ3v) is 3.61. The molecule has 1 fully saturated rings. The second kappa shape index (κ2) is 6.03. The average molecular weight is 246 g/mol. The molecule has 1 aliphatic heterocycles. The van der Waals surface area contributed by atoms with E-state index in [9.17, 15) is 5.11 Å². The Balaban J connectivity index is 2.28.